The molecule has 1 unspecified atom stereocenters. The molecule has 2 N–H and O–H groups in total. The van der Waals surface area contributed by atoms with Crippen molar-refractivity contribution in [1.82, 2.24) is 15.1 Å². The Morgan fingerprint density at radius 3 is 2.92 bits per heavy atom. The number of nitrogens with one attached hydrogen (secondary N) is 1. The number of nitrogens with zero attached hydrogens (tertiary/aromatic N) is 2. The molecule has 0 radical (unpaired) electrons. The third-order valence-corrected chi connectivity index (χ3v) is 2.08. The highest BCUT2D eigenvalue weighted by atomic mass is 16.3. The Balaban J connectivity index is 2.69. The van der Waals surface area contributed by atoms with E-state index in [4.69, 9.17) is 5.11 Å². The van der Waals surface area contributed by atoms with Crippen molar-refractivity contribution in [2.75, 3.05) is 13.2 Å². The highest BCUT2D eigenvalue weighted by molar-refractivity contribution is 5.06. The second-order valence-electron chi connectivity index (χ2n) is 3.00. The van der Waals surface area contributed by atoms with Gasteiger partial charge in [0.25, 0.3) is 0 Å². The molecular weight excluding hydrogens is 166 g/mol. The van der Waals surface area contributed by atoms with Crippen molar-refractivity contribution >= 4 is 0 Å². The van der Waals surface area contributed by atoms with Crippen LogP contribution in [0.3, 0.4) is 0 Å². The van der Waals surface area contributed by atoms with E-state index in [-0.39, 0.29) is 12.6 Å². The van der Waals surface area contributed by atoms with Gasteiger partial charge in [0, 0.05) is 19.9 Å². The molecule has 0 aromatic carbocycles. The van der Waals surface area contributed by atoms with Crippen LogP contribution < -0.4 is 5.32 Å². The maximum absolute atomic E-state index is 8.88. The lowest BCUT2D eigenvalue weighted by atomic mass is 10.1. The highest BCUT2D eigenvalue weighted by Gasteiger charge is 2.12. The van der Waals surface area contributed by atoms with Crippen LogP contribution >= 0.6 is 0 Å². The van der Waals surface area contributed by atoms with Crippen LogP contribution in [0.2, 0.25) is 0 Å². The summed E-state index contributed by atoms with van der Waals surface area (Å²) in [5.74, 6) is 0. The molecule has 0 aliphatic rings. The van der Waals surface area contributed by atoms with Gasteiger partial charge in [0.15, 0.2) is 0 Å². The van der Waals surface area contributed by atoms with Crippen LogP contribution in [0.25, 0.3) is 0 Å². The third-order valence-electron chi connectivity index (χ3n) is 2.08. The van der Waals surface area contributed by atoms with Gasteiger partial charge in [0.2, 0.25) is 0 Å². The van der Waals surface area contributed by atoms with Crippen LogP contribution in [0, 0.1) is 0 Å². The maximum atomic E-state index is 8.88. The number of hydrogen-bond donors (Lipinski definition) is 2. The molecule has 0 saturated carbocycles. The van der Waals surface area contributed by atoms with Crippen molar-refractivity contribution in [2.24, 2.45) is 7.05 Å². The van der Waals surface area contributed by atoms with Gasteiger partial charge in [-0.15, -0.1) is 0 Å². The monoisotopic (exact) mass is 183 g/mol. The van der Waals surface area contributed by atoms with E-state index in [2.05, 4.69) is 17.3 Å². The van der Waals surface area contributed by atoms with Gasteiger partial charge in [-0.05, 0) is 19.0 Å². The molecule has 1 rings (SSSR count). The van der Waals surface area contributed by atoms with Crippen LogP contribution in [0.5, 0.6) is 0 Å². The molecule has 0 spiro atoms. The zero-order chi connectivity index (χ0) is 9.68. The molecule has 0 fully saturated rings. The third kappa shape index (κ3) is 2.54. The minimum absolute atomic E-state index is 0.197. The number of rotatable bonds is 5. The summed E-state index contributed by atoms with van der Waals surface area (Å²) < 4.78 is 1.84. The van der Waals surface area contributed by atoms with Gasteiger partial charge in [-0.1, -0.05) is 6.92 Å². The molecule has 13 heavy (non-hydrogen) atoms. The Hall–Kier alpha value is -0.870. The van der Waals surface area contributed by atoms with Crippen LogP contribution in [-0.2, 0) is 7.05 Å². The first-order valence-electron chi connectivity index (χ1n) is 4.61. The minimum Gasteiger partial charge on any atom is -0.396 e. The van der Waals surface area contributed by atoms with Crippen LogP contribution in [0.15, 0.2) is 12.3 Å². The Bertz CT molecular complexity index is 241. The van der Waals surface area contributed by atoms with Gasteiger partial charge in [-0.3, -0.25) is 4.68 Å². The first-order chi connectivity index (χ1) is 6.29. The van der Waals surface area contributed by atoms with Crippen molar-refractivity contribution < 1.29 is 5.11 Å². The number of hydrogen-bond acceptors (Lipinski definition) is 3. The molecule has 4 nitrogen and oxygen atoms in total. The van der Waals surface area contributed by atoms with Gasteiger partial charge in [0.05, 0.1) is 11.7 Å². The van der Waals surface area contributed by atoms with E-state index in [0.29, 0.717) is 0 Å². The van der Waals surface area contributed by atoms with Crippen molar-refractivity contribution in [1.29, 1.82) is 0 Å². The highest BCUT2D eigenvalue weighted by Crippen LogP contribution is 2.14. The molecule has 4 heteroatoms. The molecule has 1 aromatic rings. The lowest BCUT2D eigenvalue weighted by molar-refractivity contribution is 0.263. The van der Waals surface area contributed by atoms with Crippen LogP contribution in [0.4, 0.5) is 0 Å². The molecule has 1 aromatic heterocycles. The van der Waals surface area contributed by atoms with E-state index < -0.39 is 0 Å². The second-order valence-corrected chi connectivity index (χ2v) is 3.00. The molecule has 0 aliphatic carbocycles. The van der Waals surface area contributed by atoms with E-state index in [9.17, 15) is 0 Å². The first-order valence-corrected chi connectivity index (χ1v) is 4.61. The number of aliphatic hydroxyl groups is 1. The van der Waals surface area contributed by atoms with Crippen molar-refractivity contribution in [3.05, 3.63) is 18.0 Å². The Kier molecular flexibility index (Phi) is 3.92. The van der Waals surface area contributed by atoms with Crippen molar-refractivity contribution in [2.45, 2.75) is 19.4 Å². The lowest BCUT2D eigenvalue weighted by Gasteiger charge is -2.16. The largest absolute Gasteiger partial charge is 0.396 e. The summed E-state index contributed by atoms with van der Waals surface area (Å²) in [6, 6.07) is 2.19. The number of aliphatic hydroxyl groups excluding tert-OH is 1. The molecule has 0 saturated heterocycles. The first kappa shape index (κ1) is 10.2. The average molecular weight is 183 g/mol. The van der Waals surface area contributed by atoms with Gasteiger partial charge < -0.3 is 10.4 Å². The SMILES string of the molecule is CCNC(CCO)c1ccnn1C. The molecular formula is C9H17N3O. The van der Waals surface area contributed by atoms with Crippen molar-refractivity contribution in [3.63, 3.8) is 0 Å². The summed E-state index contributed by atoms with van der Waals surface area (Å²) in [6.07, 6.45) is 2.50. The van der Waals surface area contributed by atoms with Gasteiger partial charge in [-0.25, -0.2) is 0 Å². The standard InChI is InChI=1S/C9H17N3O/c1-3-10-8(5-7-13)9-4-6-11-12(9)2/h4,6,8,10,13H,3,5,7H2,1-2H3. The fourth-order valence-electron chi connectivity index (χ4n) is 1.46. The lowest BCUT2D eigenvalue weighted by Crippen LogP contribution is -2.24. The van der Waals surface area contributed by atoms with Gasteiger partial charge in [-0.2, -0.15) is 5.10 Å². The van der Waals surface area contributed by atoms with Crippen molar-refractivity contribution in [3.8, 4) is 0 Å². The van der Waals surface area contributed by atoms with Gasteiger partial charge >= 0.3 is 0 Å². The van der Waals surface area contributed by atoms with Crippen LogP contribution in [-0.4, -0.2) is 28.0 Å². The molecule has 0 bridgehead atoms. The minimum atomic E-state index is 0.197. The zero-order valence-electron chi connectivity index (χ0n) is 8.20. The van der Waals surface area contributed by atoms with Crippen LogP contribution in [0.1, 0.15) is 25.1 Å². The second kappa shape index (κ2) is 4.99. The number of aromatic nitrogens is 2. The topological polar surface area (TPSA) is 50.1 Å². The van der Waals surface area contributed by atoms with Gasteiger partial charge in [0.1, 0.15) is 0 Å². The molecule has 1 heterocycles. The zero-order valence-corrected chi connectivity index (χ0v) is 8.20. The predicted molar refractivity (Wildman–Crippen MR) is 51.3 cm³/mol. The van der Waals surface area contributed by atoms with E-state index in [1.54, 1.807) is 6.20 Å². The quantitative estimate of drug-likeness (QED) is 0.697. The van der Waals surface area contributed by atoms with E-state index in [0.717, 1.165) is 18.7 Å². The Labute approximate surface area is 78.6 Å². The normalized spacial score (nSPS) is 13.2. The van der Waals surface area contributed by atoms with E-state index >= 15 is 0 Å². The fourth-order valence-corrected chi connectivity index (χ4v) is 1.46. The van der Waals surface area contributed by atoms with E-state index in [1.165, 1.54) is 0 Å². The molecule has 1 atom stereocenters. The maximum Gasteiger partial charge on any atom is 0.0551 e. The Morgan fingerprint density at radius 2 is 2.46 bits per heavy atom. The summed E-state index contributed by atoms with van der Waals surface area (Å²) in [5.41, 5.74) is 1.12. The summed E-state index contributed by atoms with van der Waals surface area (Å²) in [4.78, 5) is 0. The molecule has 0 aliphatic heterocycles. The van der Waals surface area contributed by atoms with E-state index in [1.807, 2.05) is 17.8 Å². The number of aryl methyl sites for hydroxylation is 1. The summed E-state index contributed by atoms with van der Waals surface area (Å²) in [5, 5.41) is 16.3. The fraction of sp³-hybridized carbons (Fsp3) is 0.667. The average Bonchev–Trinajstić information content (AvgIpc) is 2.51. The molecule has 74 valence electrons. The molecule has 0 amide bonds. The summed E-state index contributed by atoms with van der Waals surface area (Å²) >= 11 is 0. The smallest absolute Gasteiger partial charge is 0.0551 e. The predicted octanol–water partition coefficient (Wildman–Crippen LogP) is 0.453. The summed E-state index contributed by atoms with van der Waals surface area (Å²) in [7, 11) is 1.91. The Morgan fingerprint density at radius 1 is 1.69 bits per heavy atom. The summed E-state index contributed by atoms with van der Waals surface area (Å²) in [6.45, 7) is 3.15.